The van der Waals surface area contributed by atoms with Crippen molar-refractivity contribution in [1.29, 1.82) is 0 Å². The predicted octanol–water partition coefficient (Wildman–Crippen LogP) is 3.50. The topological polar surface area (TPSA) is 54.9 Å². The highest BCUT2D eigenvalue weighted by molar-refractivity contribution is 6.30. The van der Waals surface area contributed by atoms with E-state index in [0.29, 0.717) is 55.3 Å². The van der Waals surface area contributed by atoms with Gasteiger partial charge < -0.3 is 14.4 Å². The zero-order chi connectivity index (χ0) is 20.8. The molecule has 1 aromatic heterocycles. The summed E-state index contributed by atoms with van der Waals surface area (Å²) in [5.41, 5.74) is 1.69. The van der Waals surface area contributed by atoms with E-state index in [2.05, 4.69) is 9.88 Å². The van der Waals surface area contributed by atoms with Crippen LogP contribution in [0.3, 0.4) is 0 Å². The quantitative estimate of drug-likeness (QED) is 0.658. The molecule has 0 radical (unpaired) electrons. The third-order valence-electron chi connectivity index (χ3n) is 5.72. The van der Waals surface area contributed by atoms with Crippen LogP contribution in [-0.2, 0) is 11.3 Å². The Morgan fingerprint density at radius 1 is 1.17 bits per heavy atom. The van der Waals surface area contributed by atoms with Crippen molar-refractivity contribution in [2.45, 2.75) is 19.4 Å². The highest BCUT2D eigenvalue weighted by Crippen LogP contribution is 2.25. The molecular weight excluding hydrogens is 402 g/mol. The number of morpholine rings is 1. The van der Waals surface area contributed by atoms with Crippen molar-refractivity contribution in [2.24, 2.45) is 5.92 Å². The zero-order valence-corrected chi connectivity index (χ0v) is 17.9. The van der Waals surface area contributed by atoms with Crippen molar-refractivity contribution in [2.75, 3.05) is 46.0 Å². The van der Waals surface area contributed by atoms with Gasteiger partial charge in [-0.25, -0.2) is 4.98 Å². The third-order valence-corrected chi connectivity index (χ3v) is 6.06. The molecule has 1 aromatic carbocycles. The van der Waals surface area contributed by atoms with Gasteiger partial charge in [0.2, 0.25) is 0 Å². The number of amides is 1. The molecular formula is C23H28ClN3O3. The van der Waals surface area contributed by atoms with Crippen LogP contribution in [0.4, 0.5) is 0 Å². The molecule has 0 bridgehead atoms. The molecule has 0 spiro atoms. The van der Waals surface area contributed by atoms with E-state index in [1.165, 1.54) is 0 Å². The molecule has 0 aliphatic carbocycles. The number of rotatable bonds is 6. The number of piperidine rings is 1. The van der Waals surface area contributed by atoms with Gasteiger partial charge in [0, 0.05) is 43.9 Å². The van der Waals surface area contributed by atoms with Gasteiger partial charge in [-0.05, 0) is 37.6 Å². The maximum absolute atomic E-state index is 12.9. The average molecular weight is 430 g/mol. The maximum atomic E-state index is 12.9. The fourth-order valence-corrected chi connectivity index (χ4v) is 4.30. The van der Waals surface area contributed by atoms with Crippen LogP contribution in [0.1, 0.15) is 28.8 Å². The summed E-state index contributed by atoms with van der Waals surface area (Å²) in [6.45, 7) is 5.84. The first-order valence-electron chi connectivity index (χ1n) is 10.6. The minimum atomic E-state index is 0.0189. The van der Waals surface area contributed by atoms with Gasteiger partial charge in [0.1, 0.15) is 10.9 Å². The number of para-hydroxylation sites is 1. The smallest absolute Gasteiger partial charge is 0.257 e. The largest absolute Gasteiger partial charge is 0.492 e. The molecule has 2 fully saturated rings. The predicted molar refractivity (Wildman–Crippen MR) is 116 cm³/mol. The number of ether oxygens (including phenoxy) is 2. The molecule has 7 heteroatoms. The molecule has 6 nitrogen and oxygen atoms in total. The Labute approximate surface area is 182 Å². The average Bonchev–Trinajstić information content (AvgIpc) is 2.80. The Kier molecular flexibility index (Phi) is 7.20. The van der Waals surface area contributed by atoms with Crippen LogP contribution >= 0.6 is 11.6 Å². The van der Waals surface area contributed by atoms with E-state index >= 15 is 0 Å². The van der Waals surface area contributed by atoms with Crippen molar-refractivity contribution in [3.63, 3.8) is 0 Å². The Hall–Kier alpha value is -2.15. The molecule has 4 rings (SSSR count). The second-order valence-corrected chi connectivity index (χ2v) is 8.27. The normalized spacial score (nSPS) is 20.2. The number of pyridine rings is 1. The number of nitrogens with zero attached hydrogens (tertiary/aromatic N) is 3. The second-order valence-electron chi connectivity index (χ2n) is 7.91. The minimum absolute atomic E-state index is 0.0189. The van der Waals surface area contributed by atoms with E-state index in [9.17, 15) is 4.79 Å². The molecule has 2 aromatic rings. The lowest BCUT2D eigenvalue weighted by molar-refractivity contribution is 0.0299. The highest BCUT2D eigenvalue weighted by atomic mass is 35.5. The lowest BCUT2D eigenvalue weighted by atomic mass is 9.98. The first kappa shape index (κ1) is 21.1. The maximum Gasteiger partial charge on any atom is 0.257 e. The Morgan fingerprint density at radius 2 is 2.00 bits per heavy atom. The summed E-state index contributed by atoms with van der Waals surface area (Å²) in [6.07, 6.45) is 3.96. The van der Waals surface area contributed by atoms with Gasteiger partial charge in [0.05, 0.1) is 25.4 Å². The Balaban J connectivity index is 1.35. The number of aromatic nitrogens is 1. The monoisotopic (exact) mass is 429 g/mol. The van der Waals surface area contributed by atoms with Crippen LogP contribution in [-0.4, -0.2) is 66.7 Å². The van der Waals surface area contributed by atoms with Gasteiger partial charge in [-0.2, -0.15) is 0 Å². The van der Waals surface area contributed by atoms with Gasteiger partial charge in [0.15, 0.2) is 0 Å². The van der Waals surface area contributed by atoms with Crippen LogP contribution in [0.15, 0.2) is 42.6 Å². The number of hydrogen-bond acceptors (Lipinski definition) is 5. The fraction of sp³-hybridized carbons (Fsp3) is 0.478. The highest BCUT2D eigenvalue weighted by Gasteiger charge is 2.24. The fourth-order valence-electron chi connectivity index (χ4n) is 4.12. The van der Waals surface area contributed by atoms with E-state index in [-0.39, 0.29) is 5.91 Å². The summed E-state index contributed by atoms with van der Waals surface area (Å²) in [6, 6.07) is 11.5. The molecule has 1 amide bonds. The summed E-state index contributed by atoms with van der Waals surface area (Å²) in [5.74, 6) is 1.10. The second kappa shape index (κ2) is 10.2. The van der Waals surface area contributed by atoms with Crippen LogP contribution in [0.2, 0.25) is 5.15 Å². The number of benzene rings is 1. The van der Waals surface area contributed by atoms with E-state index in [4.69, 9.17) is 21.1 Å². The summed E-state index contributed by atoms with van der Waals surface area (Å²) >= 11 is 6.23. The summed E-state index contributed by atoms with van der Waals surface area (Å²) in [7, 11) is 0. The van der Waals surface area contributed by atoms with Crippen LogP contribution in [0, 0.1) is 5.92 Å². The third kappa shape index (κ3) is 5.31. The van der Waals surface area contributed by atoms with E-state index < -0.39 is 0 Å². The number of carbonyl (C=O) groups is 1. The van der Waals surface area contributed by atoms with Crippen LogP contribution < -0.4 is 4.74 Å². The first-order valence-corrected chi connectivity index (χ1v) is 11.0. The van der Waals surface area contributed by atoms with Crippen molar-refractivity contribution in [1.82, 2.24) is 14.8 Å². The lowest BCUT2D eigenvalue weighted by Gasteiger charge is -2.33. The minimum Gasteiger partial charge on any atom is -0.492 e. The summed E-state index contributed by atoms with van der Waals surface area (Å²) < 4.78 is 11.5. The van der Waals surface area contributed by atoms with E-state index in [0.717, 1.165) is 38.0 Å². The van der Waals surface area contributed by atoms with E-state index in [1.807, 2.05) is 41.3 Å². The summed E-state index contributed by atoms with van der Waals surface area (Å²) in [5, 5.41) is 0.575. The Morgan fingerprint density at radius 3 is 2.83 bits per heavy atom. The number of carbonyl (C=O) groups excluding carboxylic acids is 1. The molecule has 160 valence electrons. The van der Waals surface area contributed by atoms with E-state index in [1.54, 1.807) is 6.20 Å². The number of likely N-dealkylation sites (tertiary alicyclic amines) is 1. The lowest BCUT2D eigenvalue weighted by Crippen LogP contribution is -2.41. The molecule has 2 aliphatic heterocycles. The zero-order valence-electron chi connectivity index (χ0n) is 17.1. The molecule has 0 N–H and O–H groups in total. The summed E-state index contributed by atoms with van der Waals surface area (Å²) in [4.78, 5) is 21.3. The van der Waals surface area contributed by atoms with Gasteiger partial charge in [-0.15, -0.1) is 0 Å². The number of hydrogen-bond donors (Lipinski definition) is 0. The SMILES string of the molecule is O=C(c1ccccc1OCC1CCCN(Cc2cccnc2Cl)C1)N1CCOCC1. The molecule has 2 aliphatic rings. The standard InChI is InChI=1S/C23H28ClN3O3/c24-22-19(6-3-9-25-22)16-26-10-4-5-18(15-26)17-30-21-8-2-1-7-20(21)23(28)27-11-13-29-14-12-27/h1-3,6-9,18H,4-5,10-17H2. The molecule has 3 heterocycles. The van der Waals surface area contributed by atoms with Crippen molar-refractivity contribution < 1.29 is 14.3 Å². The van der Waals surface area contributed by atoms with Crippen molar-refractivity contribution >= 4 is 17.5 Å². The molecule has 2 saturated heterocycles. The van der Waals surface area contributed by atoms with Gasteiger partial charge >= 0.3 is 0 Å². The van der Waals surface area contributed by atoms with Gasteiger partial charge in [-0.1, -0.05) is 29.8 Å². The number of halogens is 1. The van der Waals surface area contributed by atoms with Gasteiger partial charge in [0.25, 0.3) is 5.91 Å². The van der Waals surface area contributed by atoms with Crippen molar-refractivity contribution in [3.05, 3.63) is 58.9 Å². The Bertz CT molecular complexity index is 857. The molecule has 30 heavy (non-hydrogen) atoms. The van der Waals surface area contributed by atoms with Crippen LogP contribution in [0.25, 0.3) is 0 Å². The molecule has 0 saturated carbocycles. The van der Waals surface area contributed by atoms with Crippen molar-refractivity contribution in [3.8, 4) is 5.75 Å². The van der Waals surface area contributed by atoms with Crippen LogP contribution in [0.5, 0.6) is 5.75 Å². The van der Waals surface area contributed by atoms with Gasteiger partial charge in [-0.3, -0.25) is 9.69 Å². The molecule has 1 unspecified atom stereocenters. The molecule has 1 atom stereocenters. The first-order chi connectivity index (χ1) is 14.7.